The van der Waals surface area contributed by atoms with Crippen LogP contribution in [0.3, 0.4) is 0 Å². The first-order valence-corrected chi connectivity index (χ1v) is 20.2. The number of Topliss-reactive ketones (excluding diaryl/α,β-unsaturated/α-hetero) is 1. The van der Waals surface area contributed by atoms with E-state index >= 15 is 0 Å². The van der Waals surface area contributed by atoms with Crippen molar-refractivity contribution in [3.63, 3.8) is 0 Å². The molecule has 0 unspecified atom stereocenters. The van der Waals surface area contributed by atoms with E-state index in [9.17, 15) is 24.6 Å². The van der Waals surface area contributed by atoms with E-state index in [0.29, 0.717) is 32.4 Å². The Morgan fingerprint density at radius 3 is 2.46 bits per heavy atom. The fraction of sp³-hybridized carbons (Fsp3) is 0.732. The zero-order valence-corrected chi connectivity index (χ0v) is 35.2. The summed E-state index contributed by atoms with van der Waals surface area (Å²) in [5, 5.41) is 25.6. The standard InChI is InChI=1S/C41H64N6O10/c1-11-31-41(7)35(47(39(52)57-41)18-13-12-17-46-21-29(43-23-46)28-15-14-16-42-20-28)27(5)44-24(2)19-40(6,53-10)36(25(3)33(49)26(4)37(51)55-31)56-38-34(50)32(45(8)9)30(48)22-54-38/h14-16,20-21,23-27,30-32,34-36,38,44,48,50H,11-13,17-19,22H2,1-10H3/t24-,25+,26-,27+,30-,31+,32+,34+,35-,36-,38+,40+,41-/m1/s1. The van der Waals surface area contributed by atoms with E-state index in [4.69, 9.17) is 23.7 Å². The molecular formula is C41H64N6O10. The fourth-order valence-corrected chi connectivity index (χ4v) is 9.22. The second-order valence-electron chi connectivity index (χ2n) is 16.7. The lowest BCUT2D eigenvalue weighted by molar-refractivity contribution is -0.295. The molecule has 0 saturated carbocycles. The van der Waals surface area contributed by atoms with Gasteiger partial charge in [-0.25, -0.2) is 9.78 Å². The Bertz CT molecular complexity index is 1660. The number of imidazole rings is 1. The number of amides is 1. The predicted octanol–water partition coefficient (Wildman–Crippen LogP) is 3.04. The number of pyridine rings is 1. The van der Waals surface area contributed by atoms with E-state index in [1.165, 1.54) is 14.0 Å². The first kappa shape index (κ1) is 44.6. The monoisotopic (exact) mass is 800 g/mol. The topological polar surface area (TPSA) is 187 Å². The number of nitrogens with one attached hydrogen (secondary N) is 1. The van der Waals surface area contributed by atoms with Gasteiger partial charge >= 0.3 is 12.1 Å². The molecule has 13 atom stereocenters. The molecule has 3 aliphatic heterocycles. The van der Waals surface area contributed by atoms with Crippen molar-refractivity contribution in [3.8, 4) is 11.3 Å². The third-order valence-corrected chi connectivity index (χ3v) is 12.2. The number of carbonyl (C=O) groups excluding carboxylic acids is 3. The Morgan fingerprint density at radius 1 is 1.09 bits per heavy atom. The maximum Gasteiger partial charge on any atom is 0.410 e. The van der Waals surface area contributed by atoms with Gasteiger partial charge < -0.3 is 48.7 Å². The number of hydrogen-bond donors (Lipinski definition) is 3. The number of esters is 1. The number of aromatic nitrogens is 3. The maximum atomic E-state index is 14.2. The number of hydrogen-bond acceptors (Lipinski definition) is 14. The van der Waals surface area contributed by atoms with Gasteiger partial charge in [0.2, 0.25) is 0 Å². The molecule has 16 nitrogen and oxygen atoms in total. The number of cyclic esters (lactones) is 1. The fourth-order valence-electron chi connectivity index (χ4n) is 9.22. The molecular weight excluding hydrogens is 736 g/mol. The highest BCUT2D eigenvalue weighted by Gasteiger charge is 2.59. The normalized spacial score (nSPS) is 37.1. The summed E-state index contributed by atoms with van der Waals surface area (Å²) in [4.78, 5) is 54.1. The van der Waals surface area contributed by atoms with Crippen LogP contribution in [-0.4, -0.2) is 153 Å². The van der Waals surface area contributed by atoms with Crippen LogP contribution in [0.25, 0.3) is 11.3 Å². The zero-order valence-electron chi connectivity index (χ0n) is 35.2. The van der Waals surface area contributed by atoms with Gasteiger partial charge in [-0.3, -0.25) is 19.5 Å². The van der Waals surface area contributed by atoms with Crippen molar-refractivity contribution >= 4 is 17.8 Å². The van der Waals surface area contributed by atoms with Crippen LogP contribution in [0.4, 0.5) is 4.79 Å². The average Bonchev–Trinajstić information content (AvgIpc) is 3.75. The van der Waals surface area contributed by atoms with Gasteiger partial charge in [0.15, 0.2) is 17.7 Å². The number of aliphatic hydroxyl groups excluding tert-OH is 2. The van der Waals surface area contributed by atoms with Crippen molar-refractivity contribution < 1.29 is 48.3 Å². The molecule has 5 rings (SSSR count). The lowest BCUT2D eigenvalue weighted by Crippen LogP contribution is -2.64. The molecule has 1 amide bonds. The number of fused-ring (bicyclic) bond motifs is 1. The van der Waals surface area contributed by atoms with Crippen LogP contribution in [0.2, 0.25) is 0 Å². The molecule has 0 radical (unpaired) electrons. The molecule has 57 heavy (non-hydrogen) atoms. The number of aryl methyl sites for hydroxylation is 1. The number of likely N-dealkylation sites (N-methyl/N-ethyl adjacent to an activating group) is 1. The van der Waals surface area contributed by atoms with Crippen molar-refractivity contribution in [2.24, 2.45) is 11.8 Å². The Balaban J connectivity index is 1.40. The summed E-state index contributed by atoms with van der Waals surface area (Å²) in [5.41, 5.74) is -0.624. The lowest BCUT2D eigenvalue weighted by atomic mass is 9.78. The first-order chi connectivity index (χ1) is 26.9. The molecule has 3 N–H and O–H groups in total. The van der Waals surface area contributed by atoms with Crippen LogP contribution in [0.1, 0.15) is 74.1 Å². The van der Waals surface area contributed by atoms with E-state index in [0.717, 1.165) is 17.7 Å². The number of carbonyl (C=O) groups is 3. The summed E-state index contributed by atoms with van der Waals surface area (Å²) in [6.07, 6.45) is 3.61. The van der Waals surface area contributed by atoms with Crippen LogP contribution < -0.4 is 5.32 Å². The molecule has 16 heteroatoms. The maximum absolute atomic E-state index is 14.2. The minimum absolute atomic E-state index is 0.0892. The second-order valence-corrected chi connectivity index (χ2v) is 16.7. The Hall–Kier alpha value is -3.51. The number of methoxy groups -OCH3 is 1. The number of nitrogens with zero attached hydrogens (tertiary/aromatic N) is 5. The first-order valence-electron chi connectivity index (χ1n) is 20.2. The van der Waals surface area contributed by atoms with E-state index in [1.54, 1.807) is 49.5 Å². The smallest absolute Gasteiger partial charge is 0.410 e. The van der Waals surface area contributed by atoms with Crippen LogP contribution >= 0.6 is 0 Å². The van der Waals surface area contributed by atoms with Crippen molar-refractivity contribution in [1.29, 1.82) is 0 Å². The summed E-state index contributed by atoms with van der Waals surface area (Å²) in [6, 6.07) is 1.98. The minimum atomic E-state index is -1.25. The molecule has 2 aromatic heterocycles. The average molecular weight is 801 g/mol. The van der Waals surface area contributed by atoms with E-state index in [1.807, 2.05) is 57.5 Å². The van der Waals surface area contributed by atoms with Crippen molar-refractivity contribution in [2.75, 3.05) is 34.4 Å². The van der Waals surface area contributed by atoms with Crippen LogP contribution in [0.5, 0.6) is 0 Å². The predicted molar refractivity (Wildman–Crippen MR) is 210 cm³/mol. The summed E-state index contributed by atoms with van der Waals surface area (Å²) in [7, 11) is 5.02. The molecule has 0 spiro atoms. The molecule has 3 aliphatic rings. The molecule has 3 saturated heterocycles. The van der Waals surface area contributed by atoms with Gasteiger partial charge in [0, 0.05) is 62.4 Å². The Labute approximate surface area is 336 Å². The summed E-state index contributed by atoms with van der Waals surface area (Å²) in [5.74, 6) is -3.31. The number of rotatable bonds is 11. The molecule has 0 aliphatic carbocycles. The Morgan fingerprint density at radius 2 is 1.81 bits per heavy atom. The van der Waals surface area contributed by atoms with E-state index in [2.05, 4.69) is 15.3 Å². The van der Waals surface area contributed by atoms with Gasteiger partial charge in [0.1, 0.15) is 18.1 Å². The van der Waals surface area contributed by atoms with Gasteiger partial charge in [-0.1, -0.05) is 13.8 Å². The Kier molecular flexibility index (Phi) is 14.6. The summed E-state index contributed by atoms with van der Waals surface area (Å²) in [6.45, 7) is 13.7. The molecule has 5 heterocycles. The number of ketones is 1. The summed E-state index contributed by atoms with van der Waals surface area (Å²) < 4.78 is 32.9. The van der Waals surface area contributed by atoms with Crippen LogP contribution in [0.15, 0.2) is 37.1 Å². The SMILES string of the molecule is CC[C@@H]1OC(=O)[C@H](C)C(=O)[C@H](C)[C@@H](O[C@@H]2OC[C@@H](O)[C@H](N(C)C)[C@@H]2O)[C@@](C)(OC)C[C@@H](C)N[C@@H](C)[C@H]2N(CCCCn3cnc(-c4cccnc4)c3)C(=O)O[C@]12C. The van der Waals surface area contributed by atoms with Gasteiger partial charge in [-0.2, -0.15) is 0 Å². The van der Waals surface area contributed by atoms with Gasteiger partial charge in [-0.15, -0.1) is 0 Å². The van der Waals surface area contributed by atoms with Crippen LogP contribution in [0, 0.1) is 11.8 Å². The van der Waals surface area contributed by atoms with Gasteiger partial charge in [0.25, 0.3) is 0 Å². The molecule has 0 aromatic carbocycles. The third kappa shape index (κ3) is 9.53. The van der Waals surface area contributed by atoms with E-state index in [-0.39, 0.29) is 18.7 Å². The second kappa shape index (κ2) is 18.6. The lowest BCUT2D eigenvalue weighted by Gasteiger charge is -2.47. The number of unbranched alkanes of at least 4 members (excludes halogenated alkanes) is 1. The minimum Gasteiger partial charge on any atom is -0.458 e. The number of ether oxygens (including phenoxy) is 5. The van der Waals surface area contributed by atoms with Gasteiger partial charge in [0.05, 0.1) is 48.5 Å². The molecule has 3 fully saturated rings. The van der Waals surface area contributed by atoms with Crippen LogP contribution in [-0.2, 0) is 39.8 Å². The molecule has 2 aromatic rings. The zero-order chi connectivity index (χ0) is 41.8. The highest BCUT2D eigenvalue weighted by atomic mass is 16.7. The molecule has 0 bridgehead atoms. The largest absolute Gasteiger partial charge is 0.458 e. The van der Waals surface area contributed by atoms with Crippen molar-refractivity contribution in [3.05, 3.63) is 37.1 Å². The highest BCUT2D eigenvalue weighted by Crippen LogP contribution is 2.40. The quantitative estimate of drug-likeness (QED) is 0.171. The summed E-state index contributed by atoms with van der Waals surface area (Å²) >= 11 is 0. The number of aliphatic hydroxyl groups is 2. The van der Waals surface area contributed by atoms with Gasteiger partial charge in [-0.05, 0) is 86.5 Å². The van der Waals surface area contributed by atoms with E-state index < -0.39 is 83.7 Å². The third-order valence-electron chi connectivity index (χ3n) is 12.2. The van der Waals surface area contributed by atoms with Crippen molar-refractivity contribution in [2.45, 2.75) is 147 Å². The highest BCUT2D eigenvalue weighted by molar-refractivity contribution is 6.00. The molecule has 318 valence electrons. The van der Waals surface area contributed by atoms with Crippen molar-refractivity contribution in [1.82, 2.24) is 29.7 Å².